The molecule has 1 aliphatic heterocycles. The van der Waals surface area contributed by atoms with Crippen LogP contribution in [0.3, 0.4) is 0 Å². The van der Waals surface area contributed by atoms with Crippen LogP contribution in [0, 0.1) is 5.92 Å². The molecule has 1 fully saturated rings. The Hall–Kier alpha value is -2.46. The summed E-state index contributed by atoms with van der Waals surface area (Å²) < 4.78 is 12.6. The standard InChI is InChI=1S/C16H23N5O5/c1-8(2)5-17-16-19-14-13(15(24)20-16)18-7-21(14)12-4-10(25-9(3)23)11(6-22)26-12/h7-8,10-12,22H,4-6H2,1-3H3,(H2,17,19,20,24)/t10-,11+,12+/m0/s1. The molecule has 3 atom stereocenters. The number of imidazole rings is 1. The van der Waals surface area contributed by atoms with Gasteiger partial charge in [-0.25, -0.2) is 4.98 Å². The number of esters is 1. The van der Waals surface area contributed by atoms with Gasteiger partial charge < -0.3 is 19.9 Å². The summed E-state index contributed by atoms with van der Waals surface area (Å²) in [7, 11) is 0. The van der Waals surface area contributed by atoms with Crippen molar-refractivity contribution in [3.63, 3.8) is 0 Å². The first kappa shape index (κ1) is 18.3. The highest BCUT2D eigenvalue weighted by atomic mass is 16.6. The molecule has 0 saturated carbocycles. The number of ether oxygens (including phenoxy) is 2. The highest BCUT2D eigenvalue weighted by molar-refractivity contribution is 5.71. The zero-order valence-electron chi connectivity index (χ0n) is 14.9. The summed E-state index contributed by atoms with van der Waals surface area (Å²) in [5.41, 5.74) is 0.207. The van der Waals surface area contributed by atoms with Gasteiger partial charge in [-0.1, -0.05) is 13.8 Å². The third-order valence-corrected chi connectivity index (χ3v) is 4.10. The minimum atomic E-state index is -0.637. The van der Waals surface area contributed by atoms with E-state index < -0.39 is 24.4 Å². The number of rotatable bonds is 6. The minimum Gasteiger partial charge on any atom is -0.460 e. The Kier molecular flexibility index (Phi) is 5.23. The molecule has 10 heteroatoms. The maximum atomic E-state index is 12.2. The third-order valence-electron chi connectivity index (χ3n) is 4.10. The maximum Gasteiger partial charge on any atom is 0.302 e. The van der Waals surface area contributed by atoms with Gasteiger partial charge in [-0.15, -0.1) is 0 Å². The average Bonchev–Trinajstić information content (AvgIpc) is 3.16. The van der Waals surface area contributed by atoms with E-state index >= 15 is 0 Å². The van der Waals surface area contributed by atoms with Gasteiger partial charge in [0.1, 0.15) is 18.4 Å². The third kappa shape index (κ3) is 3.70. The van der Waals surface area contributed by atoms with Crippen LogP contribution >= 0.6 is 0 Å². The van der Waals surface area contributed by atoms with Crippen molar-refractivity contribution in [2.24, 2.45) is 5.92 Å². The molecule has 3 heterocycles. The second-order valence-corrected chi connectivity index (χ2v) is 6.71. The lowest BCUT2D eigenvalue weighted by atomic mass is 10.2. The number of H-pyrrole nitrogens is 1. The highest BCUT2D eigenvalue weighted by Crippen LogP contribution is 2.32. The van der Waals surface area contributed by atoms with Gasteiger partial charge in [-0.05, 0) is 5.92 Å². The van der Waals surface area contributed by atoms with Crippen LogP contribution < -0.4 is 10.9 Å². The highest BCUT2D eigenvalue weighted by Gasteiger charge is 2.38. The van der Waals surface area contributed by atoms with Crippen LogP contribution in [0.1, 0.15) is 33.4 Å². The summed E-state index contributed by atoms with van der Waals surface area (Å²) in [6.07, 6.45) is 0.0459. The summed E-state index contributed by atoms with van der Waals surface area (Å²) in [6, 6.07) is 0. The van der Waals surface area contributed by atoms with E-state index in [1.807, 2.05) is 13.8 Å². The molecule has 0 aliphatic carbocycles. The van der Waals surface area contributed by atoms with Crippen LogP contribution in [0.25, 0.3) is 11.2 Å². The number of aromatic nitrogens is 4. The molecule has 2 aromatic heterocycles. The van der Waals surface area contributed by atoms with Gasteiger partial charge in [-0.3, -0.25) is 19.1 Å². The summed E-state index contributed by atoms with van der Waals surface area (Å²) in [5.74, 6) is 0.294. The van der Waals surface area contributed by atoms with Crippen LogP contribution in [-0.2, 0) is 14.3 Å². The number of nitrogens with one attached hydrogen (secondary N) is 2. The quantitative estimate of drug-likeness (QED) is 0.627. The van der Waals surface area contributed by atoms with E-state index in [0.29, 0.717) is 30.5 Å². The van der Waals surface area contributed by atoms with Crippen molar-refractivity contribution >= 4 is 23.1 Å². The number of anilines is 1. The number of nitrogens with zero attached hydrogens (tertiary/aromatic N) is 3. The summed E-state index contributed by atoms with van der Waals surface area (Å²) in [5, 5.41) is 12.5. The van der Waals surface area contributed by atoms with E-state index in [2.05, 4.69) is 20.3 Å². The number of hydrogen-bond acceptors (Lipinski definition) is 8. The van der Waals surface area contributed by atoms with Crippen LogP contribution in [0.5, 0.6) is 0 Å². The number of hydrogen-bond donors (Lipinski definition) is 3. The van der Waals surface area contributed by atoms with Crippen molar-refractivity contribution < 1.29 is 19.4 Å². The van der Waals surface area contributed by atoms with E-state index in [4.69, 9.17) is 9.47 Å². The molecule has 1 aliphatic rings. The second-order valence-electron chi connectivity index (χ2n) is 6.71. The first-order chi connectivity index (χ1) is 12.4. The van der Waals surface area contributed by atoms with Gasteiger partial charge in [0, 0.05) is 19.9 Å². The molecule has 26 heavy (non-hydrogen) atoms. The number of carbonyl (C=O) groups is 1. The van der Waals surface area contributed by atoms with E-state index in [1.54, 1.807) is 4.57 Å². The van der Waals surface area contributed by atoms with Crippen LogP contribution in [0.4, 0.5) is 5.95 Å². The average molecular weight is 365 g/mol. The van der Waals surface area contributed by atoms with Crippen molar-refractivity contribution in [3.05, 3.63) is 16.7 Å². The Labute approximate surface area is 149 Å². The Morgan fingerprint density at radius 1 is 1.58 bits per heavy atom. The lowest BCUT2D eigenvalue weighted by molar-refractivity contribution is -0.150. The fourth-order valence-electron chi connectivity index (χ4n) is 2.89. The smallest absolute Gasteiger partial charge is 0.302 e. The lowest BCUT2D eigenvalue weighted by Gasteiger charge is -2.15. The molecule has 3 rings (SSSR count). The molecular formula is C16H23N5O5. The van der Waals surface area contributed by atoms with E-state index in [9.17, 15) is 14.7 Å². The summed E-state index contributed by atoms with van der Waals surface area (Å²) >= 11 is 0. The number of aromatic amines is 1. The molecule has 0 radical (unpaired) electrons. The summed E-state index contributed by atoms with van der Waals surface area (Å²) in [4.78, 5) is 34.7. The zero-order chi connectivity index (χ0) is 18.8. The van der Waals surface area contributed by atoms with Crippen LogP contribution in [-0.4, -0.2) is 56.0 Å². The molecule has 0 aromatic carbocycles. The molecule has 0 unspecified atom stereocenters. The fraction of sp³-hybridized carbons (Fsp3) is 0.625. The number of fused-ring (bicyclic) bond motifs is 1. The zero-order valence-corrected chi connectivity index (χ0v) is 14.9. The van der Waals surface area contributed by atoms with Crippen molar-refractivity contribution in [1.82, 2.24) is 19.5 Å². The largest absolute Gasteiger partial charge is 0.460 e. The Bertz CT molecular complexity index is 845. The molecule has 0 amide bonds. The van der Waals surface area contributed by atoms with Crippen molar-refractivity contribution in [2.45, 2.75) is 45.6 Å². The fourth-order valence-corrected chi connectivity index (χ4v) is 2.89. The Morgan fingerprint density at radius 2 is 2.35 bits per heavy atom. The molecule has 0 bridgehead atoms. The van der Waals surface area contributed by atoms with Gasteiger partial charge in [0.2, 0.25) is 5.95 Å². The summed E-state index contributed by atoms with van der Waals surface area (Å²) in [6.45, 7) is 5.77. The predicted molar refractivity (Wildman–Crippen MR) is 92.6 cm³/mol. The van der Waals surface area contributed by atoms with Gasteiger partial charge in [0.15, 0.2) is 11.2 Å². The van der Waals surface area contributed by atoms with Crippen molar-refractivity contribution in [1.29, 1.82) is 0 Å². The predicted octanol–water partition coefficient (Wildman–Crippen LogP) is 0.399. The number of carbonyl (C=O) groups excluding carboxylic acids is 1. The minimum absolute atomic E-state index is 0.195. The van der Waals surface area contributed by atoms with Gasteiger partial charge >= 0.3 is 5.97 Å². The van der Waals surface area contributed by atoms with Crippen molar-refractivity contribution in [2.75, 3.05) is 18.5 Å². The Balaban J connectivity index is 1.90. The van der Waals surface area contributed by atoms with Crippen LogP contribution in [0.15, 0.2) is 11.1 Å². The molecule has 0 spiro atoms. The van der Waals surface area contributed by atoms with E-state index in [0.717, 1.165) is 0 Å². The first-order valence-electron chi connectivity index (χ1n) is 8.53. The number of aliphatic hydroxyl groups is 1. The molecule has 142 valence electrons. The van der Waals surface area contributed by atoms with Gasteiger partial charge in [0.05, 0.1) is 12.9 Å². The molecule has 10 nitrogen and oxygen atoms in total. The topological polar surface area (TPSA) is 131 Å². The monoisotopic (exact) mass is 365 g/mol. The normalized spacial score (nSPS) is 22.9. The molecule has 1 saturated heterocycles. The van der Waals surface area contributed by atoms with Crippen molar-refractivity contribution in [3.8, 4) is 0 Å². The van der Waals surface area contributed by atoms with Crippen LogP contribution in [0.2, 0.25) is 0 Å². The van der Waals surface area contributed by atoms with Gasteiger partial charge in [-0.2, -0.15) is 4.98 Å². The first-order valence-corrected chi connectivity index (χ1v) is 8.53. The SMILES string of the molecule is CC(=O)O[C@H]1C[C@H](n2cnc3c(=O)[nH]c(NCC(C)C)nc32)O[C@@H]1CO. The van der Waals surface area contributed by atoms with E-state index in [-0.39, 0.29) is 17.7 Å². The second kappa shape index (κ2) is 7.42. The molecule has 3 N–H and O–H groups in total. The number of aliphatic hydroxyl groups excluding tert-OH is 1. The van der Waals surface area contributed by atoms with Gasteiger partial charge in [0.25, 0.3) is 5.56 Å². The molecular weight excluding hydrogens is 342 g/mol. The Morgan fingerprint density at radius 3 is 3.00 bits per heavy atom. The maximum absolute atomic E-state index is 12.2. The van der Waals surface area contributed by atoms with E-state index in [1.165, 1.54) is 13.3 Å². The molecule has 2 aromatic rings. The lowest BCUT2D eigenvalue weighted by Crippen LogP contribution is -2.29.